The molecule has 182 valence electrons. The lowest BCUT2D eigenvalue weighted by molar-refractivity contribution is -0.120. The van der Waals surface area contributed by atoms with Gasteiger partial charge in [-0.3, -0.25) is 14.7 Å². The highest BCUT2D eigenvalue weighted by Crippen LogP contribution is 2.23. The number of anilines is 1. The van der Waals surface area contributed by atoms with Crippen LogP contribution in [0.2, 0.25) is 0 Å². The van der Waals surface area contributed by atoms with Gasteiger partial charge in [-0.2, -0.15) is 0 Å². The second kappa shape index (κ2) is 10.8. The normalized spacial score (nSPS) is 11.6. The topological polar surface area (TPSA) is 84.4 Å². The summed E-state index contributed by atoms with van der Waals surface area (Å²) in [5.74, 6) is 5.25. The van der Waals surface area contributed by atoms with Crippen molar-refractivity contribution in [1.29, 1.82) is 0 Å². The number of ether oxygens (including phenoxy) is 1. The molecular weight excluding hydrogens is 447 g/mol. The van der Waals surface area contributed by atoms with Gasteiger partial charge < -0.3 is 10.1 Å². The Kier molecular flexibility index (Phi) is 7.82. The molecule has 1 aromatic carbocycles. The van der Waals surface area contributed by atoms with E-state index >= 15 is 0 Å². The largest absolute Gasteiger partial charge is 0.444 e. The predicted octanol–water partition coefficient (Wildman–Crippen LogP) is 5.12. The first-order valence-electron chi connectivity index (χ1n) is 11.0. The van der Waals surface area contributed by atoms with Crippen molar-refractivity contribution in [1.82, 2.24) is 14.9 Å². The van der Waals surface area contributed by atoms with E-state index in [0.717, 1.165) is 11.8 Å². The number of pyridine rings is 2. The van der Waals surface area contributed by atoms with Crippen molar-refractivity contribution in [2.45, 2.75) is 39.3 Å². The summed E-state index contributed by atoms with van der Waals surface area (Å²) in [5, 5.41) is 2.72. The molecule has 2 amide bonds. The number of amides is 2. The van der Waals surface area contributed by atoms with Crippen LogP contribution in [0.1, 0.15) is 40.4 Å². The number of hydrogen-bond acceptors (Lipinski definition) is 5. The number of halogens is 1. The quantitative estimate of drug-likeness (QED) is 0.528. The maximum absolute atomic E-state index is 13.8. The SMILES string of the molecule is CC(C(=O)Nc1cc(-c2cncc(F)c2)cc(C#Cc2ccccc2)n1)N(C)C(=O)OC(C)(C)C.[HH]. The molecular formula is C27H29FN4O3. The summed E-state index contributed by atoms with van der Waals surface area (Å²) in [6.45, 7) is 6.82. The Labute approximate surface area is 205 Å². The van der Waals surface area contributed by atoms with Crippen molar-refractivity contribution in [3.63, 3.8) is 0 Å². The van der Waals surface area contributed by atoms with Gasteiger partial charge >= 0.3 is 6.09 Å². The Balaban J connectivity index is 0.00000456. The molecule has 0 aliphatic rings. The molecule has 0 saturated carbocycles. The summed E-state index contributed by atoms with van der Waals surface area (Å²) in [5.41, 5.74) is 1.56. The lowest BCUT2D eigenvalue weighted by Crippen LogP contribution is -2.45. The molecule has 3 aromatic rings. The number of benzene rings is 1. The molecule has 2 heterocycles. The number of aromatic nitrogens is 2. The minimum absolute atomic E-state index is 0. The van der Waals surface area contributed by atoms with Gasteiger partial charge in [0.05, 0.1) is 6.20 Å². The summed E-state index contributed by atoms with van der Waals surface area (Å²) < 4.78 is 19.1. The van der Waals surface area contributed by atoms with E-state index in [0.29, 0.717) is 16.8 Å². The van der Waals surface area contributed by atoms with Crippen molar-refractivity contribution >= 4 is 17.8 Å². The van der Waals surface area contributed by atoms with Gasteiger partial charge in [-0.25, -0.2) is 14.2 Å². The summed E-state index contributed by atoms with van der Waals surface area (Å²) >= 11 is 0. The van der Waals surface area contributed by atoms with E-state index in [1.165, 1.54) is 24.2 Å². The monoisotopic (exact) mass is 476 g/mol. The highest BCUT2D eigenvalue weighted by molar-refractivity contribution is 5.96. The van der Waals surface area contributed by atoms with Gasteiger partial charge in [-0.1, -0.05) is 24.1 Å². The average Bonchev–Trinajstić information content (AvgIpc) is 2.81. The zero-order valence-electron chi connectivity index (χ0n) is 20.3. The van der Waals surface area contributed by atoms with Crippen molar-refractivity contribution in [2.75, 3.05) is 12.4 Å². The highest BCUT2D eigenvalue weighted by atomic mass is 19.1. The van der Waals surface area contributed by atoms with Gasteiger partial charge in [0.25, 0.3) is 0 Å². The van der Waals surface area contributed by atoms with E-state index in [1.54, 1.807) is 39.8 Å². The molecule has 0 aliphatic heterocycles. The number of rotatable bonds is 4. The molecule has 1 unspecified atom stereocenters. The molecule has 0 bridgehead atoms. The van der Waals surface area contributed by atoms with Gasteiger partial charge in [0.2, 0.25) is 5.91 Å². The first-order valence-corrected chi connectivity index (χ1v) is 11.0. The zero-order chi connectivity index (χ0) is 25.6. The lowest BCUT2D eigenvalue weighted by Gasteiger charge is -2.28. The second-order valence-electron chi connectivity index (χ2n) is 8.89. The molecule has 0 fully saturated rings. The van der Waals surface area contributed by atoms with Crippen LogP contribution >= 0.6 is 0 Å². The minimum atomic E-state index is -0.843. The van der Waals surface area contributed by atoms with E-state index in [9.17, 15) is 14.0 Å². The number of nitrogens with zero attached hydrogens (tertiary/aromatic N) is 3. The van der Waals surface area contributed by atoms with Crippen LogP contribution < -0.4 is 5.32 Å². The lowest BCUT2D eigenvalue weighted by atomic mass is 10.1. The number of nitrogens with one attached hydrogen (secondary N) is 1. The van der Waals surface area contributed by atoms with Gasteiger partial charge in [0, 0.05) is 25.8 Å². The third-order valence-corrected chi connectivity index (χ3v) is 4.87. The van der Waals surface area contributed by atoms with E-state index in [1.807, 2.05) is 30.3 Å². The van der Waals surface area contributed by atoms with Gasteiger partial charge in [-0.15, -0.1) is 0 Å². The fourth-order valence-corrected chi connectivity index (χ4v) is 2.95. The predicted molar refractivity (Wildman–Crippen MR) is 134 cm³/mol. The molecule has 0 aliphatic carbocycles. The fourth-order valence-electron chi connectivity index (χ4n) is 2.95. The Morgan fingerprint density at radius 2 is 1.80 bits per heavy atom. The van der Waals surface area contributed by atoms with Gasteiger partial charge in [-0.05, 0) is 69.5 Å². The minimum Gasteiger partial charge on any atom is -0.444 e. The van der Waals surface area contributed by atoms with Crippen molar-refractivity contribution in [3.05, 3.63) is 78.0 Å². The Morgan fingerprint density at radius 1 is 1.09 bits per heavy atom. The molecule has 3 rings (SSSR count). The van der Waals surface area contributed by atoms with Crippen LogP contribution in [0.4, 0.5) is 15.0 Å². The van der Waals surface area contributed by atoms with Crippen molar-refractivity contribution in [3.8, 4) is 23.0 Å². The van der Waals surface area contributed by atoms with Crippen LogP contribution in [0, 0.1) is 17.7 Å². The van der Waals surface area contributed by atoms with Crippen LogP contribution in [0.25, 0.3) is 11.1 Å². The van der Waals surface area contributed by atoms with Crippen molar-refractivity contribution in [2.24, 2.45) is 0 Å². The third-order valence-electron chi connectivity index (χ3n) is 4.87. The van der Waals surface area contributed by atoms with Crippen molar-refractivity contribution < 1.29 is 20.1 Å². The maximum Gasteiger partial charge on any atom is 0.410 e. The molecule has 0 spiro atoms. The molecule has 35 heavy (non-hydrogen) atoms. The smallest absolute Gasteiger partial charge is 0.410 e. The summed E-state index contributed by atoms with van der Waals surface area (Å²) in [6, 6.07) is 13.2. The molecule has 8 heteroatoms. The first-order chi connectivity index (χ1) is 16.5. The Bertz CT molecular complexity index is 1280. The molecule has 0 saturated heterocycles. The zero-order valence-corrected chi connectivity index (χ0v) is 20.3. The van der Waals surface area contributed by atoms with E-state index < -0.39 is 29.5 Å². The van der Waals surface area contributed by atoms with E-state index in [2.05, 4.69) is 27.1 Å². The summed E-state index contributed by atoms with van der Waals surface area (Å²) in [6.07, 6.45) is 2.00. The second-order valence-corrected chi connectivity index (χ2v) is 8.89. The maximum atomic E-state index is 13.8. The Hall–Kier alpha value is -4.25. The number of carbonyl (C=O) groups excluding carboxylic acids is 2. The Morgan fingerprint density at radius 3 is 2.46 bits per heavy atom. The number of likely N-dealkylation sites (N-methyl/N-ethyl adjacent to an activating group) is 1. The molecule has 0 radical (unpaired) electrons. The molecule has 1 atom stereocenters. The van der Waals surface area contributed by atoms with E-state index in [4.69, 9.17) is 4.74 Å². The van der Waals surface area contributed by atoms with Crippen LogP contribution in [0.3, 0.4) is 0 Å². The third kappa shape index (κ3) is 7.37. The van der Waals surface area contributed by atoms with E-state index in [-0.39, 0.29) is 7.24 Å². The standard InChI is InChI=1S/C27H27FN4O3.H2/c1-18(32(5)26(34)35-27(2,3)4)25(33)31-24-15-20(21-13-22(28)17-29-16-21)14-23(30-24)12-11-19-9-7-6-8-10-19;/h6-10,13-18H,1-5H3,(H,30,31,33);1H. The highest BCUT2D eigenvalue weighted by Gasteiger charge is 2.27. The number of hydrogen-bond donors (Lipinski definition) is 1. The first kappa shape index (κ1) is 25.4. The van der Waals surface area contributed by atoms with Crippen LogP contribution in [-0.2, 0) is 9.53 Å². The molecule has 1 N–H and O–H groups in total. The number of carbonyl (C=O) groups is 2. The van der Waals surface area contributed by atoms with Crippen LogP contribution in [-0.4, -0.2) is 45.6 Å². The summed E-state index contributed by atoms with van der Waals surface area (Å²) in [4.78, 5) is 34.8. The van der Waals surface area contributed by atoms with Gasteiger partial charge in [0.15, 0.2) is 0 Å². The molecule has 7 nitrogen and oxygen atoms in total. The average molecular weight is 477 g/mol. The summed E-state index contributed by atoms with van der Waals surface area (Å²) in [7, 11) is 1.48. The van der Waals surface area contributed by atoms with Crippen LogP contribution in [0.15, 0.2) is 60.9 Å². The fraction of sp³-hybridized carbons (Fsp3) is 0.259. The van der Waals surface area contributed by atoms with Gasteiger partial charge in [0.1, 0.15) is 29.0 Å². The van der Waals surface area contributed by atoms with Crippen LogP contribution in [0.5, 0.6) is 0 Å². The molecule has 2 aromatic heterocycles.